The highest BCUT2D eigenvalue weighted by molar-refractivity contribution is 5.75. The van der Waals surface area contributed by atoms with Gasteiger partial charge in [0.15, 0.2) is 11.6 Å². The second-order valence-corrected chi connectivity index (χ2v) is 6.96. The molecule has 6 heteroatoms. The molecule has 0 atom stereocenters. The number of hydrogen-bond acceptors (Lipinski definition) is 4. The molecule has 1 aliphatic rings. The lowest BCUT2D eigenvalue weighted by atomic mass is 9.99. The van der Waals surface area contributed by atoms with Crippen molar-refractivity contribution in [2.45, 2.75) is 38.9 Å². The number of rotatable bonds is 1. The molecule has 1 fully saturated rings. The van der Waals surface area contributed by atoms with E-state index in [4.69, 9.17) is 4.74 Å². The first-order chi connectivity index (χ1) is 10.2. The monoisotopic (exact) mass is 307 g/mol. The van der Waals surface area contributed by atoms with Gasteiger partial charge in [0.1, 0.15) is 5.82 Å². The molecule has 0 spiro atoms. The van der Waals surface area contributed by atoms with Crippen LogP contribution >= 0.6 is 0 Å². The molecule has 0 radical (unpaired) electrons. The Bertz CT molecular complexity index is 715. The van der Waals surface area contributed by atoms with Crippen molar-refractivity contribution < 1.29 is 13.5 Å². The Morgan fingerprint density at radius 2 is 1.55 bits per heavy atom. The molecule has 118 valence electrons. The van der Waals surface area contributed by atoms with E-state index in [1.807, 2.05) is 27.7 Å². The van der Waals surface area contributed by atoms with Crippen LogP contribution in [0.1, 0.15) is 27.7 Å². The molecule has 0 amide bonds. The number of halogens is 2. The average Bonchev–Trinajstić information content (AvgIpc) is 2.36. The van der Waals surface area contributed by atoms with E-state index < -0.39 is 11.6 Å². The number of fused-ring (bicyclic) bond motifs is 1. The third-order valence-corrected chi connectivity index (χ3v) is 3.59. The van der Waals surface area contributed by atoms with Crippen LogP contribution < -0.4 is 4.90 Å². The van der Waals surface area contributed by atoms with Crippen molar-refractivity contribution >= 4 is 16.9 Å². The number of benzene rings is 1. The summed E-state index contributed by atoms with van der Waals surface area (Å²) < 4.78 is 32.7. The Kier molecular flexibility index (Phi) is 3.32. The van der Waals surface area contributed by atoms with Gasteiger partial charge in [-0.1, -0.05) is 0 Å². The molecule has 1 aromatic carbocycles. The van der Waals surface area contributed by atoms with Gasteiger partial charge in [0, 0.05) is 25.2 Å². The normalized spacial score (nSPS) is 20.4. The predicted molar refractivity (Wildman–Crippen MR) is 80.9 cm³/mol. The van der Waals surface area contributed by atoms with Crippen molar-refractivity contribution in [1.82, 2.24) is 9.97 Å². The van der Waals surface area contributed by atoms with E-state index in [0.29, 0.717) is 29.9 Å². The Morgan fingerprint density at radius 1 is 1.00 bits per heavy atom. The Hall–Kier alpha value is -1.82. The molecular weight excluding hydrogens is 288 g/mol. The minimum absolute atomic E-state index is 0.327. The summed E-state index contributed by atoms with van der Waals surface area (Å²) in [7, 11) is 0. The van der Waals surface area contributed by atoms with E-state index in [-0.39, 0.29) is 11.2 Å². The van der Waals surface area contributed by atoms with E-state index in [0.717, 1.165) is 12.1 Å². The van der Waals surface area contributed by atoms with E-state index >= 15 is 0 Å². The predicted octanol–water partition coefficient (Wildman–Crippen LogP) is 3.30. The van der Waals surface area contributed by atoms with Crippen LogP contribution in [-0.2, 0) is 4.74 Å². The van der Waals surface area contributed by atoms with E-state index in [9.17, 15) is 8.78 Å². The fourth-order valence-electron chi connectivity index (χ4n) is 3.10. The molecule has 2 heterocycles. The molecule has 0 bridgehead atoms. The van der Waals surface area contributed by atoms with Crippen LogP contribution in [0.4, 0.5) is 14.6 Å². The summed E-state index contributed by atoms with van der Waals surface area (Å²) in [6.07, 6.45) is 1.59. The van der Waals surface area contributed by atoms with Crippen molar-refractivity contribution in [3.05, 3.63) is 30.0 Å². The number of ether oxygens (including phenoxy) is 1. The topological polar surface area (TPSA) is 38.2 Å². The molecule has 1 saturated heterocycles. The summed E-state index contributed by atoms with van der Waals surface area (Å²) in [5, 5.41) is 0. The second-order valence-electron chi connectivity index (χ2n) is 6.96. The van der Waals surface area contributed by atoms with Crippen molar-refractivity contribution in [2.75, 3.05) is 18.0 Å². The number of morpholine rings is 1. The van der Waals surface area contributed by atoms with Gasteiger partial charge in [-0.15, -0.1) is 0 Å². The number of anilines is 1. The van der Waals surface area contributed by atoms with Crippen LogP contribution in [0.2, 0.25) is 0 Å². The molecule has 1 aliphatic heterocycles. The minimum atomic E-state index is -0.915. The van der Waals surface area contributed by atoms with Crippen LogP contribution in [0.3, 0.4) is 0 Å². The van der Waals surface area contributed by atoms with Crippen molar-refractivity contribution in [3.8, 4) is 0 Å². The third-order valence-electron chi connectivity index (χ3n) is 3.59. The summed E-state index contributed by atoms with van der Waals surface area (Å²) in [6.45, 7) is 9.38. The molecule has 0 saturated carbocycles. The van der Waals surface area contributed by atoms with Crippen molar-refractivity contribution in [2.24, 2.45) is 0 Å². The lowest BCUT2D eigenvalue weighted by Crippen LogP contribution is -2.57. The summed E-state index contributed by atoms with van der Waals surface area (Å²) in [4.78, 5) is 10.7. The summed E-state index contributed by atoms with van der Waals surface area (Å²) >= 11 is 0. The fraction of sp³-hybridized carbons (Fsp3) is 0.500. The van der Waals surface area contributed by atoms with E-state index in [2.05, 4.69) is 14.9 Å². The Labute approximate surface area is 128 Å². The minimum Gasteiger partial charge on any atom is -0.366 e. The molecule has 0 N–H and O–H groups in total. The average molecular weight is 307 g/mol. The molecular formula is C16H19F2N3O. The van der Waals surface area contributed by atoms with Crippen LogP contribution in [0, 0.1) is 11.6 Å². The standard InChI is InChI=1S/C16H19F2N3O/c1-15(2)8-21(9-16(3,4)22-15)14-7-19-12-5-10(17)11(18)6-13(12)20-14/h5-7H,8-9H2,1-4H3. The Morgan fingerprint density at radius 3 is 2.14 bits per heavy atom. The molecule has 1 aromatic heterocycles. The largest absolute Gasteiger partial charge is 0.366 e. The van der Waals surface area contributed by atoms with Crippen LogP contribution in [0.15, 0.2) is 18.3 Å². The Balaban J connectivity index is 2.01. The highest BCUT2D eigenvalue weighted by Crippen LogP contribution is 2.31. The molecule has 4 nitrogen and oxygen atoms in total. The third kappa shape index (κ3) is 2.88. The van der Waals surface area contributed by atoms with Gasteiger partial charge in [0.05, 0.1) is 28.4 Å². The van der Waals surface area contributed by atoms with E-state index in [1.165, 1.54) is 0 Å². The number of aromatic nitrogens is 2. The maximum Gasteiger partial charge on any atom is 0.161 e. The van der Waals surface area contributed by atoms with Crippen molar-refractivity contribution in [1.29, 1.82) is 0 Å². The van der Waals surface area contributed by atoms with Gasteiger partial charge in [-0.05, 0) is 27.7 Å². The molecule has 2 aromatic rings. The first kappa shape index (κ1) is 15.1. The second kappa shape index (κ2) is 4.84. The zero-order valence-corrected chi connectivity index (χ0v) is 13.2. The fourth-order valence-corrected chi connectivity index (χ4v) is 3.10. The molecule has 0 aliphatic carbocycles. The molecule has 0 unspecified atom stereocenters. The zero-order chi connectivity index (χ0) is 16.1. The molecule has 3 rings (SSSR count). The zero-order valence-electron chi connectivity index (χ0n) is 13.2. The number of hydrogen-bond donors (Lipinski definition) is 0. The van der Waals surface area contributed by atoms with E-state index in [1.54, 1.807) is 6.20 Å². The maximum absolute atomic E-state index is 13.4. The lowest BCUT2D eigenvalue weighted by Gasteiger charge is -2.47. The number of nitrogens with zero attached hydrogens (tertiary/aromatic N) is 3. The van der Waals surface area contributed by atoms with Gasteiger partial charge < -0.3 is 9.64 Å². The summed E-state index contributed by atoms with van der Waals surface area (Å²) in [6, 6.07) is 2.15. The smallest absolute Gasteiger partial charge is 0.161 e. The SMILES string of the molecule is CC1(C)CN(c2cnc3cc(F)c(F)cc3n2)CC(C)(C)O1. The summed E-state index contributed by atoms with van der Waals surface area (Å²) in [5.74, 6) is -1.19. The van der Waals surface area contributed by atoms with Crippen LogP contribution in [-0.4, -0.2) is 34.3 Å². The highest BCUT2D eigenvalue weighted by atomic mass is 19.2. The van der Waals surface area contributed by atoms with Gasteiger partial charge in [-0.2, -0.15) is 0 Å². The first-order valence-corrected chi connectivity index (χ1v) is 7.22. The van der Waals surface area contributed by atoms with Gasteiger partial charge >= 0.3 is 0 Å². The van der Waals surface area contributed by atoms with Gasteiger partial charge in [-0.25, -0.2) is 13.8 Å². The van der Waals surface area contributed by atoms with Crippen LogP contribution in [0.25, 0.3) is 11.0 Å². The lowest BCUT2D eigenvalue weighted by molar-refractivity contribution is -0.133. The molecule has 22 heavy (non-hydrogen) atoms. The van der Waals surface area contributed by atoms with Gasteiger partial charge in [0.2, 0.25) is 0 Å². The summed E-state index contributed by atoms with van der Waals surface area (Å²) in [5.41, 5.74) is 0.0340. The van der Waals surface area contributed by atoms with Gasteiger partial charge in [-0.3, -0.25) is 4.98 Å². The highest BCUT2D eigenvalue weighted by Gasteiger charge is 2.38. The van der Waals surface area contributed by atoms with Gasteiger partial charge in [0.25, 0.3) is 0 Å². The van der Waals surface area contributed by atoms with Crippen molar-refractivity contribution in [3.63, 3.8) is 0 Å². The van der Waals surface area contributed by atoms with Crippen LogP contribution in [0.5, 0.6) is 0 Å². The quantitative estimate of drug-likeness (QED) is 0.810. The first-order valence-electron chi connectivity index (χ1n) is 7.22. The maximum atomic E-state index is 13.4.